The molecule has 0 unspecified atom stereocenters. The van der Waals surface area contributed by atoms with Crippen LogP contribution >= 0.6 is 0 Å². The van der Waals surface area contributed by atoms with E-state index >= 15 is 0 Å². The molecule has 0 atom stereocenters. The van der Waals surface area contributed by atoms with Gasteiger partial charge in [-0.1, -0.05) is 55.8 Å². The summed E-state index contributed by atoms with van der Waals surface area (Å²) in [7, 11) is 0. The largest absolute Gasteiger partial charge is 0.193 e. The molecule has 0 heterocycles. The van der Waals surface area contributed by atoms with Gasteiger partial charge in [-0.15, -0.1) is 0 Å². The zero-order chi connectivity index (χ0) is 14.9. The molecule has 1 aromatic carbocycles. The van der Waals surface area contributed by atoms with Gasteiger partial charge in [0.05, 0.1) is 6.07 Å². The van der Waals surface area contributed by atoms with Gasteiger partial charge < -0.3 is 0 Å². The maximum Gasteiger partial charge on any atom is 0.0912 e. The van der Waals surface area contributed by atoms with Crippen LogP contribution in [0.1, 0.15) is 56.1 Å². The third-order valence-electron chi connectivity index (χ3n) is 4.43. The summed E-state index contributed by atoms with van der Waals surface area (Å²) in [5.74, 6) is 1.42. The molecule has 0 amide bonds. The minimum Gasteiger partial charge on any atom is -0.193 e. The third kappa shape index (κ3) is 4.90. The summed E-state index contributed by atoms with van der Waals surface area (Å²) in [6, 6.07) is 11.3. The summed E-state index contributed by atoms with van der Waals surface area (Å²) in [4.78, 5) is 0. The standard InChI is InChI=1S/C20H25N/c1-2-6-17-8-12-19(13-9-17)20-14-10-18(11-15-20)7-4-3-5-16-21/h3-5,7-9,12-13,18,20H,2,6,10-11,14-15H2,1H3/t18-,20-. The van der Waals surface area contributed by atoms with E-state index < -0.39 is 0 Å². The highest BCUT2D eigenvalue weighted by Gasteiger charge is 2.20. The van der Waals surface area contributed by atoms with Crippen molar-refractivity contribution in [2.24, 2.45) is 5.92 Å². The monoisotopic (exact) mass is 279 g/mol. The topological polar surface area (TPSA) is 23.8 Å². The molecule has 110 valence electrons. The lowest BCUT2D eigenvalue weighted by molar-refractivity contribution is 0.376. The lowest BCUT2D eigenvalue weighted by atomic mass is 9.78. The van der Waals surface area contributed by atoms with Crippen LogP contribution < -0.4 is 0 Å². The van der Waals surface area contributed by atoms with Crippen molar-refractivity contribution in [1.29, 1.82) is 5.26 Å². The highest BCUT2D eigenvalue weighted by Crippen LogP contribution is 2.36. The first-order chi connectivity index (χ1) is 10.3. The van der Waals surface area contributed by atoms with Crippen molar-refractivity contribution < 1.29 is 0 Å². The number of nitrogens with zero attached hydrogens (tertiary/aromatic N) is 1. The number of aryl methyl sites for hydroxylation is 1. The molecule has 1 fully saturated rings. The predicted octanol–water partition coefficient (Wildman–Crippen LogP) is 5.55. The first kappa shape index (κ1) is 15.6. The first-order valence-electron chi connectivity index (χ1n) is 8.15. The molecule has 0 aromatic heterocycles. The smallest absolute Gasteiger partial charge is 0.0912 e. The number of nitriles is 1. The van der Waals surface area contributed by atoms with Gasteiger partial charge in [-0.2, -0.15) is 5.26 Å². The van der Waals surface area contributed by atoms with Crippen molar-refractivity contribution in [2.45, 2.75) is 51.4 Å². The fourth-order valence-electron chi connectivity index (χ4n) is 3.21. The Balaban J connectivity index is 1.84. The maximum absolute atomic E-state index is 8.45. The summed E-state index contributed by atoms with van der Waals surface area (Å²) >= 11 is 0. The van der Waals surface area contributed by atoms with Gasteiger partial charge in [0.15, 0.2) is 0 Å². The van der Waals surface area contributed by atoms with Crippen LogP contribution in [0, 0.1) is 17.2 Å². The maximum atomic E-state index is 8.45. The van der Waals surface area contributed by atoms with E-state index in [4.69, 9.17) is 5.26 Å². The van der Waals surface area contributed by atoms with E-state index in [2.05, 4.69) is 37.3 Å². The van der Waals surface area contributed by atoms with Crippen LogP contribution in [-0.2, 0) is 6.42 Å². The average Bonchev–Trinajstić information content (AvgIpc) is 2.53. The Morgan fingerprint density at radius 1 is 1.10 bits per heavy atom. The zero-order valence-electron chi connectivity index (χ0n) is 13.0. The minimum atomic E-state index is 0.684. The molecule has 0 spiro atoms. The van der Waals surface area contributed by atoms with E-state index in [1.54, 1.807) is 0 Å². The second kappa shape index (κ2) is 8.47. The quantitative estimate of drug-likeness (QED) is 0.512. The summed E-state index contributed by atoms with van der Waals surface area (Å²) < 4.78 is 0. The third-order valence-corrected chi connectivity index (χ3v) is 4.43. The molecule has 1 aromatic rings. The molecule has 1 nitrogen and oxygen atoms in total. The molecule has 1 heteroatoms. The lowest BCUT2D eigenvalue weighted by Crippen LogP contribution is -2.11. The van der Waals surface area contributed by atoms with Crippen molar-refractivity contribution >= 4 is 0 Å². The Hall–Kier alpha value is -1.81. The zero-order valence-corrected chi connectivity index (χ0v) is 13.0. The van der Waals surface area contributed by atoms with Crippen molar-refractivity contribution in [3.8, 4) is 6.07 Å². The van der Waals surface area contributed by atoms with Crippen molar-refractivity contribution in [3.63, 3.8) is 0 Å². The molecule has 0 N–H and O–H groups in total. The Bertz CT molecular complexity index is 508. The van der Waals surface area contributed by atoms with Crippen molar-refractivity contribution in [3.05, 3.63) is 59.7 Å². The van der Waals surface area contributed by atoms with Gasteiger partial charge >= 0.3 is 0 Å². The van der Waals surface area contributed by atoms with Gasteiger partial charge in [0.25, 0.3) is 0 Å². The van der Waals surface area contributed by atoms with Gasteiger partial charge in [-0.05, 0) is 55.1 Å². The molecule has 0 bridgehead atoms. The van der Waals surface area contributed by atoms with E-state index in [0.29, 0.717) is 5.92 Å². The molecule has 1 aliphatic rings. The molecule has 0 aliphatic heterocycles. The average molecular weight is 279 g/mol. The van der Waals surface area contributed by atoms with Gasteiger partial charge in [0.1, 0.15) is 0 Å². The summed E-state index contributed by atoms with van der Waals surface area (Å²) in [6.07, 6.45) is 15.1. The molecule has 0 radical (unpaired) electrons. The Kier molecular flexibility index (Phi) is 6.28. The van der Waals surface area contributed by atoms with E-state index in [-0.39, 0.29) is 0 Å². The Morgan fingerprint density at radius 3 is 2.43 bits per heavy atom. The van der Waals surface area contributed by atoms with Crippen LogP contribution in [0.4, 0.5) is 0 Å². The van der Waals surface area contributed by atoms with Crippen molar-refractivity contribution in [2.75, 3.05) is 0 Å². The summed E-state index contributed by atoms with van der Waals surface area (Å²) in [6.45, 7) is 2.23. The van der Waals surface area contributed by atoms with Crippen LogP contribution in [0.3, 0.4) is 0 Å². The fraction of sp³-hybridized carbons (Fsp3) is 0.450. The molecule has 1 saturated carbocycles. The van der Waals surface area contributed by atoms with Crippen LogP contribution in [0.2, 0.25) is 0 Å². The van der Waals surface area contributed by atoms with Crippen LogP contribution in [0.15, 0.2) is 48.6 Å². The second-order valence-electron chi connectivity index (χ2n) is 5.98. The minimum absolute atomic E-state index is 0.684. The van der Waals surface area contributed by atoms with Gasteiger partial charge in [0.2, 0.25) is 0 Å². The molecule has 2 rings (SSSR count). The highest BCUT2D eigenvalue weighted by atomic mass is 14.3. The van der Waals surface area contributed by atoms with Gasteiger partial charge in [-0.3, -0.25) is 0 Å². The molecular weight excluding hydrogens is 254 g/mol. The van der Waals surface area contributed by atoms with Crippen molar-refractivity contribution in [1.82, 2.24) is 0 Å². The molecular formula is C20H25N. The number of hydrogen-bond donors (Lipinski definition) is 0. The van der Waals surface area contributed by atoms with E-state index in [1.807, 2.05) is 18.2 Å². The number of benzene rings is 1. The SMILES string of the molecule is CCCc1ccc([C@H]2CC[C@H](C=CC=CC#N)CC2)cc1. The van der Waals surface area contributed by atoms with Gasteiger partial charge in [-0.25, -0.2) is 0 Å². The fourth-order valence-corrected chi connectivity index (χ4v) is 3.21. The molecule has 21 heavy (non-hydrogen) atoms. The predicted molar refractivity (Wildman–Crippen MR) is 89.0 cm³/mol. The highest BCUT2D eigenvalue weighted by molar-refractivity contribution is 5.26. The van der Waals surface area contributed by atoms with Crippen LogP contribution in [0.5, 0.6) is 0 Å². The van der Waals surface area contributed by atoms with E-state index in [0.717, 1.165) is 5.92 Å². The molecule has 1 aliphatic carbocycles. The van der Waals surface area contributed by atoms with Crippen LogP contribution in [0.25, 0.3) is 0 Å². The van der Waals surface area contributed by atoms with Gasteiger partial charge in [0, 0.05) is 6.08 Å². The Labute approximate surface area is 129 Å². The lowest BCUT2D eigenvalue weighted by Gasteiger charge is -2.27. The number of allylic oxidation sites excluding steroid dienone is 4. The number of rotatable bonds is 5. The normalized spacial score (nSPS) is 22.7. The Morgan fingerprint density at radius 2 is 1.81 bits per heavy atom. The first-order valence-corrected chi connectivity index (χ1v) is 8.15. The molecule has 0 saturated heterocycles. The summed E-state index contributed by atoms with van der Waals surface area (Å²) in [5, 5.41) is 8.45. The number of hydrogen-bond acceptors (Lipinski definition) is 1. The summed E-state index contributed by atoms with van der Waals surface area (Å²) in [5.41, 5.74) is 2.98. The van der Waals surface area contributed by atoms with E-state index in [9.17, 15) is 0 Å². The second-order valence-corrected chi connectivity index (χ2v) is 5.98. The van der Waals surface area contributed by atoms with E-state index in [1.165, 1.54) is 55.7 Å². The van der Waals surface area contributed by atoms with Crippen LogP contribution in [-0.4, -0.2) is 0 Å².